The average molecular weight is 374 g/mol. The highest BCUT2D eigenvalue weighted by atomic mass is 79.9. The van der Waals surface area contributed by atoms with E-state index in [4.69, 9.17) is 27.9 Å². The Bertz CT molecular complexity index is 629. The number of carbonyl (C=O) groups excluding carboxylic acids is 1. The number of benzene rings is 2. The summed E-state index contributed by atoms with van der Waals surface area (Å²) >= 11 is 15.1. The fourth-order valence-corrected chi connectivity index (χ4v) is 2.45. The van der Waals surface area contributed by atoms with Crippen molar-refractivity contribution in [3.63, 3.8) is 0 Å². The summed E-state index contributed by atoms with van der Waals surface area (Å²) in [6.45, 7) is 0.280. The molecule has 20 heavy (non-hydrogen) atoms. The first-order valence-corrected chi connectivity index (χ1v) is 7.74. The SMILES string of the molecule is O=C(CBr)c1ccccc1OCc1ccc(Cl)cc1Cl. The van der Waals surface area contributed by atoms with Crippen molar-refractivity contribution in [2.24, 2.45) is 0 Å². The molecule has 0 aliphatic carbocycles. The number of Topliss-reactive ketones (excluding diaryl/α,β-unsaturated/α-hetero) is 1. The van der Waals surface area contributed by atoms with Crippen LogP contribution < -0.4 is 4.74 Å². The van der Waals surface area contributed by atoms with E-state index in [2.05, 4.69) is 15.9 Å². The highest BCUT2D eigenvalue weighted by Crippen LogP contribution is 2.24. The molecular weight excluding hydrogens is 363 g/mol. The second-order valence-corrected chi connectivity index (χ2v) is 5.48. The van der Waals surface area contributed by atoms with Gasteiger partial charge in [-0.3, -0.25) is 4.79 Å². The van der Waals surface area contributed by atoms with Gasteiger partial charge in [0.25, 0.3) is 0 Å². The maximum atomic E-state index is 11.8. The Labute approximate surface area is 135 Å². The first-order valence-electron chi connectivity index (χ1n) is 5.86. The quantitative estimate of drug-likeness (QED) is 0.535. The maximum absolute atomic E-state index is 11.8. The first kappa shape index (κ1) is 15.4. The third-order valence-electron chi connectivity index (χ3n) is 2.71. The van der Waals surface area contributed by atoms with Crippen molar-refractivity contribution < 1.29 is 9.53 Å². The van der Waals surface area contributed by atoms with E-state index in [1.54, 1.807) is 36.4 Å². The van der Waals surface area contributed by atoms with Crippen LogP contribution in [0, 0.1) is 0 Å². The number of hydrogen-bond donors (Lipinski definition) is 0. The normalized spacial score (nSPS) is 10.3. The monoisotopic (exact) mass is 372 g/mol. The van der Waals surface area contributed by atoms with Crippen LogP contribution in [0.25, 0.3) is 0 Å². The summed E-state index contributed by atoms with van der Waals surface area (Å²) in [6.07, 6.45) is 0. The summed E-state index contributed by atoms with van der Waals surface area (Å²) < 4.78 is 5.70. The zero-order chi connectivity index (χ0) is 14.5. The number of rotatable bonds is 5. The summed E-state index contributed by atoms with van der Waals surface area (Å²) in [5.74, 6) is 0.519. The molecule has 0 aromatic heterocycles. The summed E-state index contributed by atoms with van der Waals surface area (Å²) in [6, 6.07) is 12.3. The number of halogens is 3. The third kappa shape index (κ3) is 3.75. The van der Waals surface area contributed by atoms with Gasteiger partial charge in [0, 0.05) is 15.6 Å². The minimum absolute atomic E-state index is 0.0252. The van der Waals surface area contributed by atoms with Gasteiger partial charge in [-0.1, -0.05) is 57.3 Å². The third-order valence-corrected chi connectivity index (χ3v) is 3.80. The predicted octanol–water partition coefficient (Wildman–Crippen LogP) is 5.15. The number of ketones is 1. The number of alkyl halides is 1. The number of para-hydroxylation sites is 1. The second kappa shape index (κ2) is 7.11. The van der Waals surface area contributed by atoms with Crippen LogP contribution in [0.4, 0.5) is 0 Å². The van der Waals surface area contributed by atoms with Crippen LogP contribution in [0.2, 0.25) is 10.0 Å². The molecule has 0 saturated carbocycles. The van der Waals surface area contributed by atoms with Crippen molar-refractivity contribution in [2.45, 2.75) is 6.61 Å². The highest BCUT2D eigenvalue weighted by Gasteiger charge is 2.11. The topological polar surface area (TPSA) is 26.3 Å². The summed E-state index contributed by atoms with van der Waals surface area (Å²) in [7, 11) is 0. The van der Waals surface area contributed by atoms with E-state index in [0.29, 0.717) is 21.4 Å². The van der Waals surface area contributed by atoms with E-state index < -0.39 is 0 Å². The van der Waals surface area contributed by atoms with Gasteiger partial charge in [-0.15, -0.1) is 0 Å². The van der Waals surface area contributed by atoms with E-state index >= 15 is 0 Å². The van der Waals surface area contributed by atoms with Crippen LogP contribution in [-0.2, 0) is 6.61 Å². The van der Waals surface area contributed by atoms with Gasteiger partial charge >= 0.3 is 0 Å². The molecule has 0 spiro atoms. The minimum atomic E-state index is -0.0252. The van der Waals surface area contributed by atoms with Gasteiger partial charge in [0.05, 0.1) is 10.9 Å². The van der Waals surface area contributed by atoms with E-state index in [-0.39, 0.29) is 17.7 Å². The van der Waals surface area contributed by atoms with Crippen LogP contribution in [0.1, 0.15) is 15.9 Å². The van der Waals surface area contributed by atoms with E-state index in [0.717, 1.165) is 5.56 Å². The molecule has 2 rings (SSSR count). The number of carbonyl (C=O) groups is 1. The largest absolute Gasteiger partial charge is 0.488 e. The fourth-order valence-electron chi connectivity index (χ4n) is 1.69. The molecule has 2 aromatic rings. The molecule has 2 aromatic carbocycles. The molecule has 0 saturated heterocycles. The lowest BCUT2D eigenvalue weighted by Crippen LogP contribution is -2.05. The molecule has 0 heterocycles. The first-order chi connectivity index (χ1) is 9.61. The zero-order valence-electron chi connectivity index (χ0n) is 10.4. The Hall–Kier alpha value is -1.03. The van der Waals surface area contributed by atoms with E-state index in [9.17, 15) is 4.79 Å². The van der Waals surface area contributed by atoms with Gasteiger partial charge in [0.15, 0.2) is 5.78 Å². The molecule has 0 bridgehead atoms. The van der Waals surface area contributed by atoms with Crippen LogP contribution in [-0.4, -0.2) is 11.1 Å². The zero-order valence-corrected chi connectivity index (χ0v) is 13.5. The van der Waals surface area contributed by atoms with Gasteiger partial charge in [-0.2, -0.15) is 0 Å². The molecule has 0 fully saturated rings. The summed E-state index contributed by atoms with van der Waals surface area (Å²) in [4.78, 5) is 11.8. The maximum Gasteiger partial charge on any atom is 0.177 e. The molecule has 0 radical (unpaired) electrons. The van der Waals surface area contributed by atoms with Crippen molar-refractivity contribution >= 4 is 44.9 Å². The van der Waals surface area contributed by atoms with Gasteiger partial charge < -0.3 is 4.74 Å². The van der Waals surface area contributed by atoms with E-state index in [1.807, 2.05) is 6.07 Å². The van der Waals surface area contributed by atoms with Crippen LogP contribution in [0.3, 0.4) is 0 Å². The van der Waals surface area contributed by atoms with Crippen LogP contribution in [0.5, 0.6) is 5.75 Å². The lowest BCUT2D eigenvalue weighted by Gasteiger charge is -2.11. The number of hydrogen-bond acceptors (Lipinski definition) is 2. The van der Waals surface area contributed by atoms with Crippen molar-refractivity contribution in [3.8, 4) is 5.75 Å². The Balaban J connectivity index is 2.17. The summed E-state index contributed by atoms with van der Waals surface area (Å²) in [5.41, 5.74) is 1.37. The Morgan fingerprint density at radius 2 is 1.90 bits per heavy atom. The Morgan fingerprint density at radius 3 is 2.60 bits per heavy atom. The molecule has 0 atom stereocenters. The molecule has 0 amide bonds. The average Bonchev–Trinajstić information content (AvgIpc) is 2.46. The Morgan fingerprint density at radius 1 is 1.15 bits per heavy atom. The molecule has 0 unspecified atom stereocenters. The van der Waals surface area contributed by atoms with Gasteiger partial charge in [0.1, 0.15) is 12.4 Å². The summed E-state index contributed by atoms with van der Waals surface area (Å²) in [5, 5.41) is 1.38. The van der Waals surface area contributed by atoms with Gasteiger partial charge in [0.2, 0.25) is 0 Å². The number of ether oxygens (including phenoxy) is 1. The standard InChI is InChI=1S/C15H11BrCl2O2/c16-8-14(19)12-3-1-2-4-15(12)20-9-10-5-6-11(17)7-13(10)18/h1-7H,8-9H2. The van der Waals surface area contributed by atoms with Crippen molar-refractivity contribution in [1.29, 1.82) is 0 Å². The van der Waals surface area contributed by atoms with E-state index in [1.165, 1.54) is 0 Å². The molecule has 104 valence electrons. The van der Waals surface area contributed by atoms with Crippen molar-refractivity contribution in [3.05, 3.63) is 63.6 Å². The van der Waals surface area contributed by atoms with Crippen LogP contribution >= 0.6 is 39.1 Å². The smallest absolute Gasteiger partial charge is 0.177 e. The second-order valence-electron chi connectivity index (χ2n) is 4.08. The highest BCUT2D eigenvalue weighted by molar-refractivity contribution is 9.09. The minimum Gasteiger partial charge on any atom is -0.488 e. The Kier molecular flexibility index (Phi) is 5.46. The predicted molar refractivity (Wildman–Crippen MR) is 85.4 cm³/mol. The molecule has 0 aliphatic rings. The molecular formula is C15H11BrCl2O2. The fraction of sp³-hybridized carbons (Fsp3) is 0.133. The lowest BCUT2D eigenvalue weighted by atomic mass is 10.1. The molecule has 0 N–H and O–H groups in total. The van der Waals surface area contributed by atoms with Crippen molar-refractivity contribution in [2.75, 3.05) is 5.33 Å². The lowest BCUT2D eigenvalue weighted by molar-refractivity contribution is 0.101. The molecule has 0 aliphatic heterocycles. The molecule has 5 heteroatoms. The van der Waals surface area contributed by atoms with Gasteiger partial charge in [-0.05, 0) is 24.3 Å². The van der Waals surface area contributed by atoms with Crippen molar-refractivity contribution in [1.82, 2.24) is 0 Å². The van der Waals surface area contributed by atoms with Crippen LogP contribution in [0.15, 0.2) is 42.5 Å². The van der Waals surface area contributed by atoms with Gasteiger partial charge in [-0.25, -0.2) is 0 Å². The molecule has 2 nitrogen and oxygen atoms in total.